The van der Waals surface area contributed by atoms with Crippen molar-refractivity contribution in [2.45, 2.75) is 0 Å². The summed E-state index contributed by atoms with van der Waals surface area (Å²) in [4.78, 5) is 14.6. The highest BCUT2D eigenvalue weighted by Gasteiger charge is 2.34. The monoisotopic (exact) mass is 365 g/mol. The maximum atomic E-state index is 12.6. The fraction of sp³-hybridized carbons (Fsp3) is 0. The van der Waals surface area contributed by atoms with E-state index in [1.807, 2.05) is 24.3 Å². The lowest BCUT2D eigenvalue weighted by molar-refractivity contribution is -0.113. The van der Waals surface area contributed by atoms with Gasteiger partial charge in [-0.1, -0.05) is 71.4 Å². The number of hydrogen-bond acceptors (Lipinski definition) is 3. The molecule has 0 unspecified atom stereocenters. The van der Waals surface area contributed by atoms with Crippen LogP contribution in [-0.4, -0.2) is 10.2 Å². The van der Waals surface area contributed by atoms with Crippen molar-refractivity contribution in [3.63, 3.8) is 0 Å². The van der Waals surface area contributed by atoms with Crippen molar-refractivity contribution in [3.05, 3.63) is 69.0 Å². The topological polar surface area (TPSA) is 20.3 Å². The second-order valence-corrected chi connectivity index (χ2v) is 7.04. The van der Waals surface area contributed by atoms with Crippen LogP contribution in [0.4, 0.5) is 5.69 Å². The van der Waals surface area contributed by atoms with Crippen molar-refractivity contribution in [3.8, 4) is 0 Å². The first-order chi connectivity index (χ1) is 10.6. The van der Waals surface area contributed by atoms with Gasteiger partial charge in [-0.15, -0.1) is 0 Å². The Bertz CT molecular complexity index is 787. The highest BCUT2D eigenvalue weighted by atomic mass is 35.5. The minimum absolute atomic E-state index is 0.168. The molecule has 1 fully saturated rings. The zero-order valence-corrected chi connectivity index (χ0v) is 14.3. The Morgan fingerprint density at radius 1 is 1.05 bits per heavy atom. The molecule has 1 heterocycles. The van der Waals surface area contributed by atoms with Crippen molar-refractivity contribution in [2.24, 2.45) is 0 Å². The molecule has 0 aromatic heterocycles. The molecular formula is C16H9Cl2NOS2. The van der Waals surface area contributed by atoms with Crippen LogP contribution in [0.15, 0.2) is 53.4 Å². The first-order valence-electron chi connectivity index (χ1n) is 6.34. The number of nitrogens with zero attached hydrogens (tertiary/aromatic N) is 1. The number of halogens is 2. The summed E-state index contributed by atoms with van der Waals surface area (Å²) in [5.41, 5.74) is 1.50. The van der Waals surface area contributed by atoms with Gasteiger partial charge in [-0.25, -0.2) is 0 Å². The lowest BCUT2D eigenvalue weighted by Gasteiger charge is -2.15. The molecule has 0 spiro atoms. The van der Waals surface area contributed by atoms with Gasteiger partial charge in [-0.05, 0) is 35.9 Å². The third-order valence-electron chi connectivity index (χ3n) is 3.05. The van der Waals surface area contributed by atoms with Gasteiger partial charge in [-0.2, -0.15) is 0 Å². The Hall–Kier alpha value is -1.33. The number of thiocarbonyl (C=S) groups is 1. The van der Waals surface area contributed by atoms with E-state index in [0.717, 1.165) is 5.56 Å². The maximum Gasteiger partial charge on any atom is 0.270 e. The average molecular weight is 366 g/mol. The van der Waals surface area contributed by atoms with Crippen molar-refractivity contribution in [2.75, 3.05) is 4.90 Å². The third kappa shape index (κ3) is 3.06. The van der Waals surface area contributed by atoms with Gasteiger partial charge in [-0.3, -0.25) is 9.69 Å². The number of amides is 1. The predicted molar refractivity (Wildman–Crippen MR) is 98.6 cm³/mol. The second kappa shape index (κ2) is 6.42. The summed E-state index contributed by atoms with van der Waals surface area (Å²) in [6.45, 7) is 0. The van der Waals surface area contributed by atoms with Crippen LogP contribution in [0.3, 0.4) is 0 Å². The SMILES string of the molecule is O=C1/C(=C/c2ccc(Cl)cc2)SC(=S)N1c1ccccc1Cl. The van der Waals surface area contributed by atoms with Gasteiger partial charge in [0, 0.05) is 5.02 Å². The normalized spacial score (nSPS) is 16.6. The average Bonchev–Trinajstić information content (AvgIpc) is 2.77. The Morgan fingerprint density at radius 2 is 1.73 bits per heavy atom. The zero-order chi connectivity index (χ0) is 15.7. The number of benzene rings is 2. The van der Waals surface area contributed by atoms with E-state index in [-0.39, 0.29) is 5.91 Å². The van der Waals surface area contributed by atoms with E-state index < -0.39 is 0 Å². The van der Waals surface area contributed by atoms with Crippen LogP contribution in [0, 0.1) is 0 Å². The molecule has 0 N–H and O–H groups in total. The van der Waals surface area contributed by atoms with Crippen molar-refractivity contribution in [1.29, 1.82) is 0 Å². The molecule has 1 amide bonds. The molecule has 6 heteroatoms. The summed E-state index contributed by atoms with van der Waals surface area (Å²) in [6, 6.07) is 14.4. The number of thioether (sulfide) groups is 1. The molecule has 2 aromatic carbocycles. The van der Waals surface area contributed by atoms with Crippen molar-refractivity contribution >= 4 is 69.2 Å². The van der Waals surface area contributed by atoms with E-state index in [4.69, 9.17) is 35.4 Å². The van der Waals surface area contributed by atoms with E-state index >= 15 is 0 Å². The van der Waals surface area contributed by atoms with Gasteiger partial charge in [0.15, 0.2) is 4.32 Å². The minimum atomic E-state index is -0.168. The number of carbonyl (C=O) groups is 1. The fourth-order valence-corrected chi connectivity index (χ4v) is 3.65. The van der Waals surface area contributed by atoms with Gasteiger partial charge in [0.05, 0.1) is 15.6 Å². The lowest BCUT2D eigenvalue weighted by atomic mass is 10.2. The van der Waals surface area contributed by atoms with Crippen molar-refractivity contribution < 1.29 is 4.79 Å². The first kappa shape index (κ1) is 15.6. The van der Waals surface area contributed by atoms with Crippen LogP contribution < -0.4 is 4.90 Å². The Labute approximate surface area is 147 Å². The summed E-state index contributed by atoms with van der Waals surface area (Å²) in [7, 11) is 0. The standard InChI is InChI=1S/C16H9Cl2NOS2/c17-11-7-5-10(6-8-11)9-14-15(20)19(16(21)22-14)13-4-2-1-3-12(13)18/h1-9H/b14-9-. The van der Waals surface area contributed by atoms with Crippen LogP contribution in [0.25, 0.3) is 6.08 Å². The van der Waals surface area contributed by atoms with Crippen LogP contribution in [-0.2, 0) is 4.79 Å². The fourth-order valence-electron chi connectivity index (χ4n) is 2.02. The smallest absolute Gasteiger partial charge is 0.268 e. The molecule has 2 nitrogen and oxygen atoms in total. The van der Waals surface area contributed by atoms with E-state index in [9.17, 15) is 4.79 Å². The molecule has 2 aromatic rings. The molecule has 0 atom stereocenters. The highest BCUT2D eigenvalue weighted by molar-refractivity contribution is 8.27. The predicted octanol–water partition coefficient (Wildman–Crippen LogP) is 5.40. The van der Waals surface area contributed by atoms with Gasteiger partial charge in [0.2, 0.25) is 0 Å². The molecular weight excluding hydrogens is 357 g/mol. The Morgan fingerprint density at radius 3 is 2.41 bits per heavy atom. The van der Waals surface area contributed by atoms with Gasteiger partial charge < -0.3 is 0 Å². The summed E-state index contributed by atoms with van der Waals surface area (Å²) in [6.07, 6.45) is 1.80. The number of anilines is 1. The van der Waals surface area contributed by atoms with E-state index in [0.29, 0.717) is 25.0 Å². The van der Waals surface area contributed by atoms with Crippen LogP contribution in [0.5, 0.6) is 0 Å². The summed E-state index contributed by atoms with van der Waals surface area (Å²) < 4.78 is 0.471. The quantitative estimate of drug-likeness (QED) is 0.524. The molecule has 110 valence electrons. The van der Waals surface area contributed by atoms with Crippen molar-refractivity contribution in [1.82, 2.24) is 0 Å². The van der Waals surface area contributed by atoms with Gasteiger partial charge in [0.25, 0.3) is 5.91 Å². The van der Waals surface area contributed by atoms with Crippen LogP contribution >= 0.6 is 47.2 Å². The van der Waals surface area contributed by atoms with Crippen LogP contribution in [0.2, 0.25) is 10.0 Å². The zero-order valence-electron chi connectivity index (χ0n) is 11.1. The number of rotatable bonds is 2. The number of carbonyl (C=O) groups excluding carboxylic acids is 1. The molecule has 0 aliphatic carbocycles. The molecule has 0 bridgehead atoms. The van der Waals surface area contributed by atoms with E-state index in [1.54, 1.807) is 30.3 Å². The number of hydrogen-bond donors (Lipinski definition) is 0. The first-order valence-corrected chi connectivity index (χ1v) is 8.32. The molecule has 0 saturated carbocycles. The Balaban J connectivity index is 1.95. The lowest BCUT2D eigenvalue weighted by Crippen LogP contribution is -2.27. The minimum Gasteiger partial charge on any atom is -0.268 e. The summed E-state index contributed by atoms with van der Waals surface area (Å²) in [5.74, 6) is -0.168. The Kier molecular flexibility index (Phi) is 4.54. The molecule has 22 heavy (non-hydrogen) atoms. The highest BCUT2D eigenvalue weighted by Crippen LogP contribution is 2.38. The third-order valence-corrected chi connectivity index (χ3v) is 4.93. The summed E-state index contributed by atoms with van der Waals surface area (Å²) in [5, 5.41) is 1.15. The van der Waals surface area contributed by atoms with Gasteiger partial charge in [0.1, 0.15) is 0 Å². The molecule has 0 radical (unpaired) electrons. The van der Waals surface area contributed by atoms with E-state index in [2.05, 4.69) is 0 Å². The molecule has 1 aliphatic rings. The number of para-hydroxylation sites is 1. The van der Waals surface area contributed by atoms with Crippen LogP contribution in [0.1, 0.15) is 5.56 Å². The van der Waals surface area contributed by atoms with E-state index in [1.165, 1.54) is 16.7 Å². The van der Waals surface area contributed by atoms with Gasteiger partial charge >= 0.3 is 0 Å². The molecule has 3 rings (SSSR count). The molecule has 1 saturated heterocycles. The largest absolute Gasteiger partial charge is 0.270 e. The maximum absolute atomic E-state index is 12.6. The second-order valence-electron chi connectivity index (χ2n) is 4.52. The molecule has 1 aliphatic heterocycles. The summed E-state index contributed by atoms with van der Waals surface area (Å²) >= 11 is 18.6.